The largest absolute Gasteiger partial charge is 0.390 e. The number of carbonyl (C=O) groups is 1. The molecular formula is C16H23NO3. The van der Waals surface area contributed by atoms with Gasteiger partial charge in [0.2, 0.25) is 5.91 Å². The summed E-state index contributed by atoms with van der Waals surface area (Å²) in [6.07, 6.45) is 1.39. The Morgan fingerprint density at radius 1 is 1.45 bits per heavy atom. The number of piperidine rings is 1. The Labute approximate surface area is 120 Å². The summed E-state index contributed by atoms with van der Waals surface area (Å²) in [6, 6.07) is 10.1. The minimum absolute atomic E-state index is 0.000983. The predicted molar refractivity (Wildman–Crippen MR) is 77.3 cm³/mol. The molecule has 1 amide bonds. The van der Waals surface area contributed by atoms with Crippen molar-refractivity contribution >= 4 is 5.91 Å². The highest BCUT2D eigenvalue weighted by Crippen LogP contribution is 2.30. The summed E-state index contributed by atoms with van der Waals surface area (Å²) in [7, 11) is 1.53. The average molecular weight is 277 g/mol. The Kier molecular flexibility index (Phi) is 4.78. The molecule has 0 saturated carbocycles. The standard InChI is InChI=1S/C16H23NO3/c1-16(19)8-9-17(15(18)12-20-2)11-14(16)10-13-6-4-3-5-7-13/h3-7,14,19H,8-12H2,1-2H3/t14-,16+/m0/s1. The molecule has 1 aliphatic heterocycles. The summed E-state index contributed by atoms with van der Waals surface area (Å²) in [4.78, 5) is 13.7. The molecule has 0 unspecified atom stereocenters. The lowest BCUT2D eigenvalue weighted by molar-refractivity contribution is -0.142. The molecular weight excluding hydrogens is 254 g/mol. The molecule has 1 heterocycles. The quantitative estimate of drug-likeness (QED) is 0.907. The first kappa shape index (κ1) is 15.0. The van der Waals surface area contributed by atoms with Crippen LogP contribution in [0.2, 0.25) is 0 Å². The van der Waals surface area contributed by atoms with Gasteiger partial charge in [-0.2, -0.15) is 0 Å². The topological polar surface area (TPSA) is 49.8 Å². The lowest BCUT2D eigenvalue weighted by Gasteiger charge is -2.42. The molecule has 20 heavy (non-hydrogen) atoms. The second-order valence-corrected chi connectivity index (χ2v) is 5.77. The summed E-state index contributed by atoms with van der Waals surface area (Å²) >= 11 is 0. The molecule has 1 saturated heterocycles. The number of hydrogen-bond acceptors (Lipinski definition) is 3. The summed E-state index contributed by atoms with van der Waals surface area (Å²) in [6.45, 7) is 3.17. The van der Waals surface area contributed by atoms with Crippen molar-refractivity contribution in [3.63, 3.8) is 0 Å². The van der Waals surface area contributed by atoms with Crippen LogP contribution in [-0.4, -0.2) is 48.3 Å². The van der Waals surface area contributed by atoms with Crippen LogP contribution in [0, 0.1) is 5.92 Å². The fraction of sp³-hybridized carbons (Fsp3) is 0.562. The predicted octanol–water partition coefficient (Wildman–Crippen LogP) is 1.48. The van der Waals surface area contributed by atoms with Crippen molar-refractivity contribution in [3.8, 4) is 0 Å². The van der Waals surface area contributed by atoms with Crippen molar-refractivity contribution < 1.29 is 14.6 Å². The van der Waals surface area contributed by atoms with Crippen molar-refractivity contribution in [1.29, 1.82) is 0 Å². The molecule has 1 aromatic rings. The SMILES string of the molecule is COCC(=O)N1CC[C@@](C)(O)[C@@H](Cc2ccccc2)C1. The van der Waals surface area contributed by atoms with Gasteiger partial charge in [0.05, 0.1) is 5.60 Å². The first-order valence-corrected chi connectivity index (χ1v) is 7.06. The van der Waals surface area contributed by atoms with Crippen LogP contribution in [0.15, 0.2) is 30.3 Å². The van der Waals surface area contributed by atoms with Gasteiger partial charge >= 0.3 is 0 Å². The Morgan fingerprint density at radius 3 is 2.80 bits per heavy atom. The number of hydrogen-bond donors (Lipinski definition) is 1. The summed E-state index contributed by atoms with van der Waals surface area (Å²) in [5, 5.41) is 10.6. The number of rotatable bonds is 4. The minimum Gasteiger partial charge on any atom is -0.390 e. The van der Waals surface area contributed by atoms with Crippen LogP contribution in [0.1, 0.15) is 18.9 Å². The van der Waals surface area contributed by atoms with Gasteiger partial charge in [0, 0.05) is 26.1 Å². The number of carbonyl (C=O) groups excluding carboxylic acids is 1. The van der Waals surface area contributed by atoms with Gasteiger partial charge in [-0.1, -0.05) is 30.3 Å². The van der Waals surface area contributed by atoms with Gasteiger partial charge in [0.1, 0.15) is 6.61 Å². The summed E-state index contributed by atoms with van der Waals surface area (Å²) in [5.41, 5.74) is 0.471. The van der Waals surface area contributed by atoms with E-state index in [1.807, 2.05) is 25.1 Å². The van der Waals surface area contributed by atoms with Crippen LogP contribution in [-0.2, 0) is 16.0 Å². The fourth-order valence-corrected chi connectivity index (χ4v) is 2.74. The van der Waals surface area contributed by atoms with Crippen LogP contribution >= 0.6 is 0 Å². The van der Waals surface area contributed by atoms with E-state index < -0.39 is 5.60 Å². The maximum Gasteiger partial charge on any atom is 0.248 e. The second-order valence-electron chi connectivity index (χ2n) is 5.77. The smallest absolute Gasteiger partial charge is 0.248 e. The average Bonchev–Trinajstić information content (AvgIpc) is 2.42. The van der Waals surface area contributed by atoms with Crippen LogP contribution in [0.25, 0.3) is 0 Å². The van der Waals surface area contributed by atoms with Gasteiger partial charge in [0.25, 0.3) is 0 Å². The Hall–Kier alpha value is -1.39. The maximum absolute atomic E-state index is 11.9. The van der Waals surface area contributed by atoms with E-state index in [1.165, 1.54) is 12.7 Å². The van der Waals surface area contributed by atoms with E-state index in [9.17, 15) is 9.90 Å². The Morgan fingerprint density at radius 2 is 2.15 bits per heavy atom. The monoisotopic (exact) mass is 277 g/mol. The molecule has 2 rings (SSSR count). The molecule has 1 aliphatic rings. The molecule has 1 fully saturated rings. The zero-order valence-corrected chi connectivity index (χ0v) is 12.2. The number of amides is 1. The molecule has 1 N–H and O–H groups in total. The third-order valence-electron chi connectivity index (χ3n) is 4.15. The fourth-order valence-electron chi connectivity index (χ4n) is 2.74. The molecule has 1 aromatic carbocycles. The van der Waals surface area contributed by atoms with Crippen molar-refractivity contribution in [2.45, 2.75) is 25.4 Å². The molecule has 0 spiro atoms. The van der Waals surface area contributed by atoms with Crippen molar-refractivity contribution in [2.24, 2.45) is 5.92 Å². The Bertz CT molecular complexity index is 444. The maximum atomic E-state index is 11.9. The van der Waals surface area contributed by atoms with Crippen LogP contribution in [0.3, 0.4) is 0 Å². The number of ether oxygens (including phenoxy) is 1. The zero-order chi connectivity index (χ0) is 14.6. The minimum atomic E-state index is -0.723. The lowest BCUT2D eigenvalue weighted by atomic mass is 9.79. The highest BCUT2D eigenvalue weighted by atomic mass is 16.5. The summed E-state index contributed by atoms with van der Waals surface area (Å²) < 4.78 is 4.91. The van der Waals surface area contributed by atoms with E-state index in [4.69, 9.17) is 4.74 Å². The second kappa shape index (κ2) is 6.37. The third kappa shape index (κ3) is 3.58. The van der Waals surface area contributed by atoms with Gasteiger partial charge in [0.15, 0.2) is 0 Å². The number of aliphatic hydroxyl groups is 1. The van der Waals surface area contributed by atoms with E-state index in [1.54, 1.807) is 4.90 Å². The highest BCUT2D eigenvalue weighted by molar-refractivity contribution is 5.77. The third-order valence-corrected chi connectivity index (χ3v) is 4.15. The molecule has 4 nitrogen and oxygen atoms in total. The van der Waals surface area contributed by atoms with Gasteiger partial charge in [-0.3, -0.25) is 4.79 Å². The molecule has 110 valence electrons. The Balaban J connectivity index is 2.05. The first-order valence-electron chi connectivity index (χ1n) is 7.06. The molecule has 0 radical (unpaired) electrons. The van der Waals surface area contributed by atoms with Gasteiger partial charge < -0.3 is 14.7 Å². The van der Waals surface area contributed by atoms with Crippen LogP contribution in [0.5, 0.6) is 0 Å². The van der Waals surface area contributed by atoms with Crippen molar-refractivity contribution in [1.82, 2.24) is 4.90 Å². The van der Waals surface area contributed by atoms with Gasteiger partial charge in [-0.25, -0.2) is 0 Å². The highest BCUT2D eigenvalue weighted by Gasteiger charge is 2.38. The van der Waals surface area contributed by atoms with Crippen LogP contribution in [0.4, 0.5) is 0 Å². The molecule has 0 aliphatic carbocycles. The first-order chi connectivity index (χ1) is 9.53. The normalized spacial score (nSPS) is 26.6. The molecule has 4 heteroatoms. The van der Waals surface area contributed by atoms with Crippen molar-refractivity contribution in [2.75, 3.05) is 26.8 Å². The number of nitrogens with zero attached hydrogens (tertiary/aromatic N) is 1. The number of likely N-dealkylation sites (tertiary alicyclic amines) is 1. The van der Waals surface area contributed by atoms with E-state index in [0.29, 0.717) is 19.5 Å². The molecule has 0 aromatic heterocycles. The number of methoxy groups -OCH3 is 1. The van der Waals surface area contributed by atoms with Gasteiger partial charge in [-0.05, 0) is 25.3 Å². The van der Waals surface area contributed by atoms with E-state index in [0.717, 1.165) is 6.42 Å². The lowest BCUT2D eigenvalue weighted by Crippen LogP contribution is -2.53. The van der Waals surface area contributed by atoms with E-state index >= 15 is 0 Å². The van der Waals surface area contributed by atoms with Crippen molar-refractivity contribution in [3.05, 3.63) is 35.9 Å². The van der Waals surface area contributed by atoms with E-state index in [2.05, 4.69) is 12.1 Å². The van der Waals surface area contributed by atoms with Gasteiger partial charge in [-0.15, -0.1) is 0 Å². The van der Waals surface area contributed by atoms with E-state index in [-0.39, 0.29) is 18.4 Å². The molecule has 0 bridgehead atoms. The number of benzene rings is 1. The summed E-state index contributed by atoms with van der Waals surface area (Å²) in [5.74, 6) is 0.0560. The molecule has 2 atom stereocenters. The zero-order valence-electron chi connectivity index (χ0n) is 12.2. The van der Waals surface area contributed by atoms with Crippen LogP contribution < -0.4 is 0 Å².